The van der Waals surface area contributed by atoms with E-state index < -0.39 is 0 Å². The molecule has 0 radical (unpaired) electrons. The maximum Gasteiger partial charge on any atom is 0.251 e. The summed E-state index contributed by atoms with van der Waals surface area (Å²) in [5.74, 6) is 1.39. The number of piperidine rings is 1. The standard InChI is InChI=1S/C24H35N5O2/c1-3-21-10-4-5-13-29(21)14-12-26-24(25-2)28-17-19-8-6-9-20(16-19)23(30)27-18-22-11-7-15-31-22/h6-9,11,15-16,21H,3-5,10,12-14,17-18H2,1-2H3,(H,27,30)(H2,25,26,28). The number of nitrogens with one attached hydrogen (secondary N) is 3. The van der Waals surface area contributed by atoms with Crippen molar-refractivity contribution in [1.82, 2.24) is 20.9 Å². The molecule has 1 aliphatic rings. The van der Waals surface area contributed by atoms with Gasteiger partial charge in [-0.15, -0.1) is 0 Å². The van der Waals surface area contributed by atoms with Crippen LogP contribution in [0.15, 0.2) is 52.1 Å². The second-order valence-electron chi connectivity index (χ2n) is 7.91. The van der Waals surface area contributed by atoms with Gasteiger partial charge in [0.1, 0.15) is 5.76 Å². The highest BCUT2D eigenvalue weighted by molar-refractivity contribution is 5.94. The van der Waals surface area contributed by atoms with E-state index in [1.165, 1.54) is 32.2 Å². The van der Waals surface area contributed by atoms with Crippen molar-refractivity contribution in [2.24, 2.45) is 4.99 Å². The molecule has 1 amide bonds. The molecule has 168 valence electrons. The summed E-state index contributed by atoms with van der Waals surface area (Å²) in [6.45, 7) is 6.35. The van der Waals surface area contributed by atoms with Gasteiger partial charge in [0, 0.05) is 38.3 Å². The summed E-state index contributed by atoms with van der Waals surface area (Å²) < 4.78 is 5.26. The predicted molar refractivity (Wildman–Crippen MR) is 124 cm³/mol. The van der Waals surface area contributed by atoms with Gasteiger partial charge in [0.05, 0.1) is 12.8 Å². The molecule has 1 saturated heterocycles. The number of rotatable bonds is 9. The average Bonchev–Trinajstić information content (AvgIpc) is 3.34. The predicted octanol–water partition coefficient (Wildman–Crippen LogP) is 3.14. The van der Waals surface area contributed by atoms with Crippen molar-refractivity contribution in [3.63, 3.8) is 0 Å². The van der Waals surface area contributed by atoms with Crippen LogP contribution in [0.3, 0.4) is 0 Å². The third-order valence-corrected chi connectivity index (χ3v) is 5.79. The number of carbonyl (C=O) groups is 1. The zero-order chi connectivity index (χ0) is 21.9. The van der Waals surface area contributed by atoms with Gasteiger partial charge < -0.3 is 20.4 Å². The summed E-state index contributed by atoms with van der Waals surface area (Å²) in [4.78, 5) is 19.3. The van der Waals surface area contributed by atoms with Crippen molar-refractivity contribution in [2.75, 3.05) is 26.7 Å². The molecule has 7 heteroatoms. The molecule has 3 N–H and O–H groups in total. The Morgan fingerprint density at radius 3 is 2.84 bits per heavy atom. The Kier molecular flexibility index (Phi) is 8.97. The van der Waals surface area contributed by atoms with Crippen LogP contribution in [0.25, 0.3) is 0 Å². The van der Waals surface area contributed by atoms with E-state index in [0.717, 1.165) is 30.4 Å². The van der Waals surface area contributed by atoms with Gasteiger partial charge in [-0.3, -0.25) is 14.7 Å². The van der Waals surface area contributed by atoms with Crippen LogP contribution in [-0.4, -0.2) is 49.5 Å². The van der Waals surface area contributed by atoms with Crippen LogP contribution in [0.1, 0.15) is 54.3 Å². The minimum Gasteiger partial charge on any atom is -0.467 e. The molecule has 1 atom stereocenters. The first kappa shape index (κ1) is 22.9. The monoisotopic (exact) mass is 425 g/mol. The Balaban J connectivity index is 1.43. The lowest BCUT2D eigenvalue weighted by Crippen LogP contribution is -2.45. The van der Waals surface area contributed by atoms with Gasteiger partial charge in [0.25, 0.3) is 5.91 Å². The van der Waals surface area contributed by atoms with E-state index in [9.17, 15) is 4.79 Å². The second kappa shape index (κ2) is 12.2. The Morgan fingerprint density at radius 2 is 2.06 bits per heavy atom. The fourth-order valence-corrected chi connectivity index (χ4v) is 4.05. The van der Waals surface area contributed by atoms with Gasteiger partial charge in [0.2, 0.25) is 0 Å². The van der Waals surface area contributed by atoms with Gasteiger partial charge in [-0.2, -0.15) is 0 Å². The van der Waals surface area contributed by atoms with Crippen LogP contribution >= 0.6 is 0 Å². The number of carbonyl (C=O) groups excluding carboxylic acids is 1. The Morgan fingerprint density at radius 1 is 1.16 bits per heavy atom. The Hall–Kier alpha value is -2.80. The first-order valence-electron chi connectivity index (χ1n) is 11.3. The molecule has 2 heterocycles. The lowest BCUT2D eigenvalue weighted by molar-refractivity contribution is 0.0948. The summed E-state index contributed by atoms with van der Waals surface area (Å²) in [6, 6.07) is 12.0. The molecule has 1 aromatic heterocycles. The van der Waals surface area contributed by atoms with Crippen LogP contribution in [-0.2, 0) is 13.1 Å². The fraction of sp³-hybridized carbons (Fsp3) is 0.500. The van der Waals surface area contributed by atoms with Crippen LogP contribution < -0.4 is 16.0 Å². The highest BCUT2D eigenvalue weighted by Crippen LogP contribution is 2.18. The van der Waals surface area contributed by atoms with E-state index in [1.54, 1.807) is 13.3 Å². The largest absolute Gasteiger partial charge is 0.467 e. The number of benzene rings is 1. The van der Waals surface area contributed by atoms with Gasteiger partial charge in [0.15, 0.2) is 5.96 Å². The first-order chi connectivity index (χ1) is 15.2. The number of likely N-dealkylation sites (tertiary alicyclic amines) is 1. The fourth-order valence-electron chi connectivity index (χ4n) is 4.05. The van der Waals surface area contributed by atoms with Crippen molar-refractivity contribution >= 4 is 11.9 Å². The van der Waals surface area contributed by atoms with Gasteiger partial charge in [-0.05, 0) is 55.6 Å². The molecule has 0 bridgehead atoms. The molecule has 1 aliphatic heterocycles. The third kappa shape index (κ3) is 7.14. The molecule has 3 rings (SSSR count). The summed E-state index contributed by atoms with van der Waals surface area (Å²) in [6.07, 6.45) is 6.79. The van der Waals surface area contributed by atoms with Gasteiger partial charge in [-0.1, -0.05) is 25.5 Å². The number of guanidine groups is 1. The van der Waals surface area contributed by atoms with Crippen molar-refractivity contribution in [1.29, 1.82) is 0 Å². The maximum absolute atomic E-state index is 12.4. The summed E-state index contributed by atoms with van der Waals surface area (Å²) >= 11 is 0. The highest BCUT2D eigenvalue weighted by atomic mass is 16.3. The summed E-state index contributed by atoms with van der Waals surface area (Å²) in [5.41, 5.74) is 1.65. The minimum atomic E-state index is -0.118. The van der Waals surface area contributed by atoms with E-state index in [4.69, 9.17) is 4.42 Å². The average molecular weight is 426 g/mol. The zero-order valence-corrected chi connectivity index (χ0v) is 18.7. The summed E-state index contributed by atoms with van der Waals surface area (Å²) in [5, 5.41) is 9.63. The van der Waals surface area contributed by atoms with E-state index in [2.05, 4.69) is 32.8 Å². The lowest BCUT2D eigenvalue weighted by atomic mass is 10.0. The molecule has 7 nitrogen and oxygen atoms in total. The second-order valence-corrected chi connectivity index (χ2v) is 7.91. The van der Waals surface area contributed by atoms with Crippen LogP contribution in [0.5, 0.6) is 0 Å². The molecule has 2 aromatic rings. The van der Waals surface area contributed by atoms with Crippen LogP contribution in [0, 0.1) is 0 Å². The highest BCUT2D eigenvalue weighted by Gasteiger charge is 2.19. The number of nitrogens with zero attached hydrogens (tertiary/aromatic N) is 2. The molecule has 1 fully saturated rings. The van der Waals surface area contributed by atoms with Crippen LogP contribution in [0.4, 0.5) is 0 Å². The van der Waals surface area contributed by atoms with Crippen molar-refractivity contribution in [3.8, 4) is 0 Å². The smallest absolute Gasteiger partial charge is 0.251 e. The van der Waals surface area contributed by atoms with E-state index in [-0.39, 0.29) is 5.91 Å². The first-order valence-corrected chi connectivity index (χ1v) is 11.3. The Labute approximate surface area is 185 Å². The van der Waals surface area contributed by atoms with E-state index in [0.29, 0.717) is 24.7 Å². The quantitative estimate of drug-likeness (QED) is 0.425. The van der Waals surface area contributed by atoms with Gasteiger partial charge >= 0.3 is 0 Å². The number of furan rings is 1. The number of amides is 1. The SMILES string of the molecule is CCC1CCCCN1CCNC(=NC)NCc1cccc(C(=O)NCc2ccco2)c1. The van der Waals surface area contributed by atoms with Crippen LogP contribution in [0.2, 0.25) is 0 Å². The zero-order valence-electron chi connectivity index (χ0n) is 18.7. The Bertz CT molecular complexity index is 834. The van der Waals surface area contributed by atoms with E-state index in [1.807, 2.05) is 36.4 Å². The van der Waals surface area contributed by atoms with Crippen molar-refractivity contribution in [2.45, 2.75) is 51.7 Å². The van der Waals surface area contributed by atoms with E-state index >= 15 is 0 Å². The molecule has 31 heavy (non-hydrogen) atoms. The molecule has 0 spiro atoms. The molecule has 0 aliphatic carbocycles. The van der Waals surface area contributed by atoms with Gasteiger partial charge in [-0.25, -0.2) is 0 Å². The normalized spacial score (nSPS) is 17.4. The molecule has 0 saturated carbocycles. The number of hydrogen-bond acceptors (Lipinski definition) is 4. The molecule has 1 aromatic carbocycles. The van der Waals surface area contributed by atoms with Crippen molar-refractivity contribution < 1.29 is 9.21 Å². The third-order valence-electron chi connectivity index (χ3n) is 5.79. The molecular weight excluding hydrogens is 390 g/mol. The molecular formula is C24H35N5O2. The maximum atomic E-state index is 12.4. The minimum absolute atomic E-state index is 0.118. The lowest BCUT2D eigenvalue weighted by Gasteiger charge is -2.35. The topological polar surface area (TPSA) is 81.9 Å². The number of aliphatic imine (C=N–C) groups is 1. The summed E-state index contributed by atoms with van der Waals surface area (Å²) in [7, 11) is 1.78. The molecule has 1 unspecified atom stereocenters. The number of hydrogen-bond donors (Lipinski definition) is 3. The van der Waals surface area contributed by atoms with Crippen molar-refractivity contribution in [3.05, 3.63) is 59.5 Å².